The summed E-state index contributed by atoms with van der Waals surface area (Å²) in [6.07, 6.45) is 62.3. The second-order valence-corrected chi connectivity index (χ2v) is 17.4. The monoisotopic (exact) mass is 868 g/mol. The van der Waals surface area contributed by atoms with E-state index in [4.69, 9.17) is 18.5 Å². The molecule has 0 bridgehead atoms. The van der Waals surface area contributed by atoms with E-state index >= 15 is 0 Å². The zero-order valence-electron chi connectivity index (χ0n) is 39.1. The van der Waals surface area contributed by atoms with Crippen LogP contribution in [0.15, 0.2) is 122 Å². The lowest BCUT2D eigenvalue weighted by Gasteiger charge is -2.28. The van der Waals surface area contributed by atoms with Crippen molar-refractivity contribution in [2.24, 2.45) is 0 Å². The van der Waals surface area contributed by atoms with Crippen molar-refractivity contribution in [2.75, 3.05) is 54.1 Å². The van der Waals surface area contributed by atoms with Crippen molar-refractivity contribution in [1.29, 1.82) is 0 Å². The first kappa shape index (κ1) is 57.9. The second-order valence-electron chi connectivity index (χ2n) is 16.0. The highest BCUT2D eigenvalue weighted by molar-refractivity contribution is 7.45. The topological polar surface area (TPSA) is 94.1 Å². The molecule has 2 unspecified atom stereocenters. The van der Waals surface area contributed by atoms with E-state index in [1.54, 1.807) is 0 Å². The molecule has 8 nitrogen and oxygen atoms in total. The zero-order chi connectivity index (χ0) is 44.8. The van der Waals surface area contributed by atoms with Crippen LogP contribution in [0.1, 0.15) is 142 Å². The molecule has 0 amide bonds. The molecule has 0 aromatic heterocycles. The summed E-state index contributed by atoms with van der Waals surface area (Å²) in [7, 11) is 1.29. The van der Waals surface area contributed by atoms with E-state index in [1.165, 1.54) is 0 Å². The Balaban J connectivity index is 4.35. The summed E-state index contributed by atoms with van der Waals surface area (Å²) in [5.41, 5.74) is 0. The van der Waals surface area contributed by atoms with E-state index in [0.717, 1.165) is 122 Å². The van der Waals surface area contributed by atoms with Crippen LogP contribution in [0.25, 0.3) is 0 Å². The van der Waals surface area contributed by atoms with Gasteiger partial charge >= 0.3 is 5.97 Å². The molecule has 0 N–H and O–H groups in total. The number of likely N-dealkylation sites (N-methyl/N-ethyl adjacent to an activating group) is 1. The molecule has 0 rings (SSSR count). The van der Waals surface area contributed by atoms with Gasteiger partial charge in [-0.05, 0) is 103 Å². The molecule has 346 valence electrons. The Hall–Kier alpha value is -3.10. The smallest absolute Gasteiger partial charge is 0.306 e. The molecule has 61 heavy (non-hydrogen) atoms. The lowest BCUT2D eigenvalue weighted by Crippen LogP contribution is -2.37. The Bertz CT molecular complexity index is 1380. The number of unbranched alkanes of at least 4 members (excludes halogenated alkanes) is 7. The van der Waals surface area contributed by atoms with Gasteiger partial charge in [-0.15, -0.1) is 0 Å². The minimum Gasteiger partial charge on any atom is -0.756 e. The predicted octanol–water partition coefficient (Wildman–Crippen LogP) is 13.5. The molecule has 2 atom stereocenters. The van der Waals surface area contributed by atoms with Gasteiger partial charge in [-0.2, -0.15) is 0 Å². The summed E-state index contributed by atoms with van der Waals surface area (Å²) in [6, 6.07) is 0. The van der Waals surface area contributed by atoms with Crippen LogP contribution in [0, 0.1) is 0 Å². The average Bonchev–Trinajstić information content (AvgIpc) is 3.22. The van der Waals surface area contributed by atoms with Gasteiger partial charge in [-0.3, -0.25) is 9.36 Å². The molecular weight excluding hydrogens is 782 g/mol. The van der Waals surface area contributed by atoms with Gasteiger partial charge in [0, 0.05) is 13.0 Å². The highest BCUT2D eigenvalue weighted by Crippen LogP contribution is 2.38. The van der Waals surface area contributed by atoms with E-state index in [-0.39, 0.29) is 32.2 Å². The van der Waals surface area contributed by atoms with Gasteiger partial charge in [0.15, 0.2) is 0 Å². The fourth-order valence-electron chi connectivity index (χ4n) is 5.48. The molecule has 0 radical (unpaired) electrons. The lowest BCUT2D eigenvalue weighted by molar-refractivity contribution is -0.870. The van der Waals surface area contributed by atoms with Crippen LogP contribution in [0.4, 0.5) is 0 Å². The summed E-state index contributed by atoms with van der Waals surface area (Å²) in [4.78, 5) is 25.1. The highest BCUT2D eigenvalue weighted by Gasteiger charge is 2.20. The summed E-state index contributed by atoms with van der Waals surface area (Å²) >= 11 is 0. The number of rotatable bonds is 41. The van der Waals surface area contributed by atoms with Gasteiger partial charge in [0.1, 0.15) is 19.3 Å². The van der Waals surface area contributed by atoms with E-state index in [2.05, 4.69) is 135 Å². The summed E-state index contributed by atoms with van der Waals surface area (Å²) in [5.74, 6) is -0.373. The third kappa shape index (κ3) is 47.8. The molecule has 0 aliphatic heterocycles. The minimum atomic E-state index is -4.55. The van der Waals surface area contributed by atoms with Crippen molar-refractivity contribution in [3.63, 3.8) is 0 Å². The SMILES string of the molecule is CC/C=C\C/C=C\C/C=C\C/C=C\C/C=C\C/C=C\C/C=C\CCCCOCC(COP(=O)([O-])OCC[N+](C)(C)C)OC(=O)CCCCCCC/C=C\C/C=C\C/C=C\CC. The third-order valence-corrected chi connectivity index (χ3v) is 9.97. The summed E-state index contributed by atoms with van der Waals surface area (Å²) in [6.45, 7) is 5.00. The normalized spacial score (nSPS) is 14.8. The maximum absolute atomic E-state index is 12.7. The summed E-state index contributed by atoms with van der Waals surface area (Å²) < 4.78 is 34.5. The lowest BCUT2D eigenvalue weighted by atomic mass is 10.1. The number of quaternary nitrogens is 1. The van der Waals surface area contributed by atoms with E-state index in [9.17, 15) is 14.3 Å². The Morgan fingerprint density at radius 1 is 0.508 bits per heavy atom. The quantitative estimate of drug-likeness (QED) is 0.0199. The second kappa shape index (κ2) is 43.5. The average molecular weight is 868 g/mol. The van der Waals surface area contributed by atoms with Crippen LogP contribution in [0.2, 0.25) is 0 Å². The number of ether oxygens (including phenoxy) is 2. The van der Waals surface area contributed by atoms with Crippen molar-refractivity contribution >= 4 is 13.8 Å². The predicted molar refractivity (Wildman–Crippen MR) is 258 cm³/mol. The van der Waals surface area contributed by atoms with Crippen LogP contribution < -0.4 is 4.89 Å². The number of carbonyl (C=O) groups excluding carboxylic acids is 1. The maximum Gasteiger partial charge on any atom is 0.306 e. The number of hydrogen-bond acceptors (Lipinski definition) is 7. The standard InChI is InChI=1S/C52H86NO7P/c1-6-8-10-12-14-16-18-20-22-23-24-25-26-27-28-29-30-32-34-36-38-40-42-44-47-57-49-51(50-59-61(55,56)58-48-46-53(3,4)5)60-52(54)45-43-41-39-37-35-33-31-21-19-17-15-13-11-9-7-2/h8-11,14-17,20-22,24-25,27-28,30-32,36,38,51H,6-7,12-13,18-19,23,26,29,33-35,37,39-50H2,1-5H3/b10-8-,11-9-,16-14-,17-15-,22-20-,25-24-,28-27-,31-21-,32-30-,38-36-. The third-order valence-electron chi connectivity index (χ3n) is 9.01. The number of nitrogens with zero attached hydrogens (tertiary/aromatic N) is 1. The van der Waals surface area contributed by atoms with Crippen molar-refractivity contribution in [2.45, 2.75) is 148 Å². The molecule has 0 fully saturated rings. The van der Waals surface area contributed by atoms with E-state index in [1.807, 2.05) is 21.1 Å². The van der Waals surface area contributed by atoms with Gasteiger partial charge in [-0.1, -0.05) is 155 Å². The first-order valence-corrected chi connectivity index (χ1v) is 24.7. The van der Waals surface area contributed by atoms with Crippen LogP contribution >= 0.6 is 7.82 Å². The molecular formula is C52H86NO7P. The van der Waals surface area contributed by atoms with Crippen LogP contribution in [0.5, 0.6) is 0 Å². The van der Waals surface area contributed by atoms with Gasteiger partial charge in [0.25, 0.3) is 7.82 Å². The van der Waals surface area contributed by atoms with E-state index < -0.39 is 13.9 Å². The fraction of sp³-hybridized carbons (Fsp3) is 0.596. The highest BCUT2D eigenvalue weighted by atomic mass is 31.2. The fourth-order valence-corrected chi connectivity index (χ4v) is 6.21. The number of allylic oxidation sites excluding steroid dienone is 20. The zero-order valence-corrected chi connectivity index (χ0v) is 39.9. The minimum absolute atomic E-state index is 0.00585. The summed E-state index contributed by atoms with van der Waals surface area (Å²) in [5, 5.41) is 0. The van der Waals surface area contributed by atoms with Gasteiger partial charge < -0.3 is 27.9 Å². The molecule has 0 heterocycles. The molecule has 0 spiro atoms. The van der Waals surface area contributed by atoms with Gasteiger partial charge in [0.2, 0.25) is 0 Å². The molecule has 0 aliphatic rings. The molecule has 9 heteroatoms. The number of hydrogen-bond donors (Lipinski definition) is 0. The Kier molecular flexibility index (Phi) is 41.3. The number of phosphoric ester groups is 1. The Morgan fingerprint density at radius 3 is 1.34 bits per heavy atom. The van der Waals surface area contributed by atoms with Crippen molar-refractivity contribution in [3.8, 4) is 0 Å². The number of carbonyl (C=O) groups is 1. The molecule has 0 saturated heterocycles. The van der Waals surface area contributed by atoms with Gasteiger partial charge in [0.05, 0.1) is 34.4 Å². The number of phosphoric acid groups is 1. The van der Waals surface area contributed by atoms with Gasteiger partial charge in [-0.25, -0.2) is 0 Å². The molecule has 0 aromatic carbocycles. The maximum atomic E-state index is 12.7. The Labute approximate surface area is 373 Å². The largest absolute Gasteiger partial charge is 0.756 e. The number of esters is 1. The molecule has 0 aromatic rings. The van der Waals surface area contributed by atoms with E-state index in [0.29, 0.717) is 17.6 Å². The van der Waals surface area contributed by atoms with Crippen molar-refractivity contribution in [3.05, 3.63) is 122 Å². The van der Waals surface area contributed by atoms with Crippen molar-refractivity contribution in [1.82, 2.24) is 0 Å². The van der Waals surface area contributed by atoms with Crippen LogP contribution in [-0.2, 0) is 27.9 Å². The van der Waals surface area contributed by atoms with Crippen molar-refractivity contribution < 1.29 is 37.3 Å². The van der Waals surface area contributed by atoms with Crippen LogP contribution in [0.3, 0.4) is 0 Å². The molecule has 0 saturated carbocycles. The Morgan fingerprint density at radius 2 is 0.902 bits per heavy atom. The molecule has 0 aliphatic carbocycles. The first-order valence-electron chi connectivity index (χ1n) is 23.3. The van der Waals surface area contributed by atoms with Crippen LogP contribution in [-0.4, -0.2) is 70.7 Å². The first-order chi connectivity index (χ1) is 29.6.